The minimum Gasteiger partial charge on any atom is -0.496 e. The predicted octanol–water partition coefficient (Wildman–Crippen LogP) is 4.10. The molecule has 0 aliphatic carbocycles. The summed E-state index contributed by atoms with van der Waals surface area (Å²) in [7, 11) is 1.46. The molecule has 114 valence electrons. The van der Waals surface area contributed by atoms with Crippen LogP contribution in [-0.2, 0) is 4.74 Å². The standard InChI is InChI=1S/C16H14BrNO4/c1-4-12(14(5-2)21-3)16-13(18(19)20)9-10-8-11(17)6-7-15(10)22-16/h4-9,16H,1-2H2,3H3/b14-12-. The second kappa shape index (κ2) is 6.62. The van der Waals surface area contributed by atoms with Crippen molar-refractivity contribution in [2.24, 2.45) is 0 Å². The third-order valence-electron chi connectivity index (χ3n) is 3.19. The van der Waals surface area contributed by atoms with Crippen molar-refractivity contribution in [3.8, 4) is 5.75 Å². The van der Waals surface area contributed by atoms with E-state index in [4.69, 9.17) is 9.47 Å². The van der Waals surface area contributed by atoms with Crippen molar-refractivity contribution in [3.05, 3.63) is 80.7 Å². The Morgan fingerprint density at radius 3 is 2.73 bits per heavy atom. The van der Waals surface area contributed by atoms with Gasteiger partial charge in [0, 0.05) is 21.7 Å². The van der Waals surface area contributed by atoms with Gasteiger partial charge in [0.2, 0.25) is 6.10 Å². The average molecular weight is 364 g/mol. The molecule has 1 aliphatic heterocycles. The van der Waals surface area contributed by atoms with E-state index in [1.165, 1.54) is 25.3 Å². The summed E-state index contributed by atoms with van der Waals surface area (Å²) in [5.41, 5.74) is 1.00. The minimum atomic E-state index is -0.908. The zero-order chi connectivity index (χ0) is 16.3. The van der Waals surface area contributed by atoms with Gasteiger partial charge in [0.1, 0.15) is 11.5 Å². The van der Waals surface area contributed by atoms with Crippen molar-refractivity contribution in [2.45, 2.75) is 6.10 Å². The Labute approximate surface area is 136 Å². The van der Waals surface area contributed by atoms with E-state index in [1.54, 1.807) is 12.1 Å². The maximum atomic E-state index is 11.4. The Morgan fingerprint density at radius 2 is 2.18 bits per heavy atom. The number of hydrogen-bond acceptors (Lipinski definition) is 4. The first kappa shape index (κ1) is 16.0. The average Bonchev–Trinajstić information content (AvgIpc) is 2.51. The Kier molecular flexibility index (Phi) is 4.82. The van der Waals surface area contributed by atoms with E-state index in [0.717, 1.165) is 4.47 Å². The number of nitro groups is 1. The topological polar surface area (TPSA) is 61.6 Å². The smallest absolute Gasteiger partial charge is 0.291 e. The monoisotopic (exact) mass is 363 g/mol. The largest absolute Gasteiger partial charge is 0.496 e. The molecule has 6 heteroatoms. The van der Waals surface area contributed by atoms with Crippen LogP contribution in [0, 0.1) is 10.1 Å². The maximum absolute atomic E-state index is 11.4. The van der Waals surface area contributed by atoms with E-state index in [9.17, 15) is 10.1 Å². The molecule has 2 rings (SSSR count). The Hall–Kier alpha value is -2.34. The van der Waals surface area contributed by atoms with Crippen molar-refractivity contribution in [3.63, 3.8) is 0 Å². The van der Waals surface area contributed by atoms with Crippen molar-refractivity contribution in [1.82, 2.24) is 0 Å². The third kappa shape index (κ3) is 2.96. The fourth-order valence-electron chi connectivity index (χ4n) is 2.19. The highest BCUT2D eigenvalue weighted by Gasteiger charge is 2.35. The quantitative estimate of drug-likeness (QED) is 0.342. The first-order valence-corrected chi connectivity index (χ1v) is 7.16. The fourth-order valence-corrected chi connectivity index (χ4v) is 2.57. The highest BCUT2D eigenvalue weighted by molar-refractivity contribution is 9.10. The van der Waals surface area contributed by atoms with Crippen LogP contribution in [0.15, 0.2) is 65.0 Å². The van der Waals surface area contributed by atoms with Gasteiger partial charge in [0.15, 0.2) is 0 Å². The molecule has 1 heterocycles. The lowest BCUT2D eigenvalue weighted by atomic mass is 10.00. The van der Waals surface area contributed by atoms with Crippen LogP contribution in [-0.4, -0.2) is 18.1 Å². The van der Waals surface area contributed by atoms with E-state index >= 15 is 0 Å². The molecule has 1 aromatic rings. The number of hydrogen-bond donors (Lipinski definition) is 0. The molecule has 0 spiro atoms. The summed E-state index contributed by atoms with van der Waals surface area (Å²) in [4.78, 5) is 10.9. The van der Waals surface area contributed by atoms with E-state index in [-0.39, 0.29) is 5.70 Å². The van der Waals surface area contributed by atoms with Crippen molar-refractivity contribution in [1.29, 1.82) is 0 Å². The molecule has 0 N–H and O–H groups in total. The summed E-state index contributed by atoms with van der Waals surface area (Å²) >= 11 is 3.34. The molecule has 1 aromatic carbocycles. The molecule has 0 saturated carbocycles. The summed E-state index contributed by atoms with van der Waals surface area (Å²) in [6, 6.07) is 5.32. The molecule has 22 heavy (non-hydrogen) atoms. The van der Waals surface area contributed by atoms with Gasteiger partial charge in [0.05, 0.1) is 12.0 Å². The number of fused-ring (bicyclic) bond motifs is 1. The number of methoxy groups -OCH3 is 1. The number of benzene rings is 1. The van der Waals surface area contributed by atoms with Crippen LogP contribution in [0.1, 0.15) is 5.56 Å². The van der Waals surface area contributed by atoms with Crippen LogP contribution in [0.25, 0.3) is 6.08 Å². The Balaban J connectivity index is 2.61. The van der Waals surface area contributed by atoms with Gasteiger partial charge >= 0.3 is 0 Å². The van der Waals surface area contributed by atoms with E-state index < -0.39 is 11.0 Å². The van der Waals surface area contributed by atoms with Gasteiger partial charge in [-0.15, -0.1) is 0 Å². The summed E-state index contributed by atoms with van der Waals surface area (Å²) in [6.45, 7) is 7.33. The van der Waals surface area contributed by atoms with Crippen LogP contribution >= 0.6 is 15.9 Å². The number of nitrogens with zero attached hydrogens (tertiary/aromatic N) is 1. The maximum Gasteiger partial charge on any atom is 0.291 e. The van der Waals surface area contributed by atoms with Crippen molar-refractivity contribution >= 4 is 22.0 Å². The normalized spacial score (nSPS) is 17.4. The minimum absolute atomic E-state index is 0.0862. The second-order valence-corrected chi connectivity index (χ2v) is 5.35. The van der Waals surface area contributed by atoms with Crippen molar-refractivity contribution in [2.75, 3.05) is 7.11 Å². The molecule has 0 fully saturated rings. The molecule has 0 aromatic heterocycles. The van der Waals surface area contributed by atoms with E-state index in [0.29, 0.717) is 22.6 Å². The molecular weight excluding hydrogens is 350 g/mol. The van der Waals surface area contributed by atoms with Gasteiger partial charge in [0.25, 0.3) is 5.70 Å². The lowest BCUT2D eigenvalue weighted by Gasteiger charge is -2.24. The molecule has 0 radical (unpaired) electrons. The van der Waals surface area contributed by atoms with Gasteiger partial charge in [-0.25, -0.2) is 0 Å². The van der Waals surface area contributed by atoms with Crippen molar-refractivity contribution < 1.29 is 14.4 Å². The van der Waals surface area contributed by atoms with Crippen LogP contribution in [0.4, 0.5) is 0 Å². The summed E-state index contributed by atoms with van der Waals surface area (Å²) in [5.74, 6) is 0.936. The van der Waals surface area contributed by atoms with Crippen LogP contribution < -0.4 is 4.74 Å². The van der Waals surface area contributed by atoms with Crippen LogP contribution in [0.2, 0.25) is 0 Å². The third-order valence-corrected chi connectivity index (χ3v) is 3.68. The van der Waals surface area contributed by atoms with E-state index in [2.05, 4.69) is 29.1 Å². The van der Waals surface area contributed by atoms with Gasteiger partial charge in [-0.1, -0.05) is 35.2 Å². The SMILES string of the molecule is C=C/C(OC)=C(\C=C)C1Oc2ccc(Br)cc2C=C1[N+](=O)[O-]. The molecule has 5 nitrogen and oxygen atoms in total. The summed E-state index contributed by atoms with van der Waals surface area (Å²) in [6.07, 6.45) is 3.53. The van der Waals surface area contributed by atoms with Gasteiger partial charge in [-0.3, -0.25) is 10.1 Å². The van der Waals surface area contributed by atoms with Crippen LogP contribution in [0.5, 0.6) is 5.75 Å². The van der Waals surface area contributed by atoms with E-state index in [1.807, 2.05) is 6.07 Å². The number of halogens is 1. The lowest BCUT2D eigenvalue weighted by molar-refractivity contribution is -0.432. The Morgan fingerprint density at radius 1 is 1.45 bits per heavy atom. The molecule has 1 unspecified atom stereocenters. The first-order valence-electron chi connectivity index (χ1n) is 6.37. The number of allylic oxidation sites excluding steroid dienone is 1. The highest BCUT2D eigenvalue weighted by Crippen LogP contribution is 2.35. The van der Waals surface area contributed by atoms with Gasteiger partial charge < -0.3 is 9.47 Å². The fraction of sp³-hybridized carbons (Fsp3) is 0.125. The molecule has 0 amide bonds. The first-order chi connectivity index (χ1) is 10.5. The second-order valence-electron chi connectivity index (χ2n) is 4.44. The zero-order valence-electron chi connectivity index (χ0n) is 11.9. The predicted molar refractivity (Wildman–Crippen MR) is 88.0 cm³/mol. The molecule has 1 aliphatic rings. The molecule has 1 atom stereocenters. The Bertz CT molecular complexity index is 706. The molecule has 0 bridgehead atoms. The lowest BCUT2D eigenvalue weighted by Crippen LogP contribution is -2.29. The van der Waals surface area contributed by atoms with Gasteiger partial charge in [-0.2, -0.15) is 0 Å². The molecule has 0 saturated heterocycles. The summed E-state index contributed by atoms with van der Waals surface area (Å²) in [5, 5.41) is 11.4. The van der Waals surface area contributed by atoms with Crippen LogP contribution in [0.3, 0.4) is 0 Å². The highest BCUT2D eigenvalue weighted by atomic mass is 79.9. The number of rotatable bonds is 5. The molecular formula is C16H14BrNO4. The van der Waals surface area contributed by atoms with Gasteiger partial charge in [-0.05, 0) is 24.3 Å². The number of ether oxygens (including phenoxy) is 2. The zero-order valence-corrected chi connectivity index (χ0v) is 13.5. The summed E-state index contributed by atoms with van der Waals surface area (Å²) < 4.78 is 11.8.